The van der Waals surface area contributed by atoms with Gasteiger partial charge in [0.15, 0.2) is 0 Å². The van der Waals surface area contributed by atoms with E-state index in [2.05, 4.69) is 15.3 Å². The number of halogens is 1. The van der Waals surface area contributed by atoms with E-state index in [1.54, 1.807) is 23.4 Å². The van der Waals surface area contributed by atoms with Gasteiger partial charge in [-0.2, -0.15) is 0 Å². The third-order valence-electron chi connectivity index (χ3n) is 8.65. The smallest absolute Gasteiger partial charge is 0.255 e. The standard InChI is InChI=1S/C26H31ClN4O2/c27-21-4-2-1-3-19(21)25(33)31-6-5-20-22(14-31)29-15-30-24(20)28-13-23(32)26-10-16-7-17(11-26)9-18(8-16)12-26/h1-4,15-18,23,32H,5-14H2,(H,28,29,30). The van der Waals surface area contributed by atoms with Crippen LogP contribution in [-0.2, 0) is 13.0 Å². The Balaban J connectivity index is 1.14. The van der Waals surface area contributed by atoms with E-state index in [0.717, 1.165) is 34.8 Å². The molecular weight excluding hydrogens is 436 g/mol. The first-order valence-corrected chi connectivity index (χ1v) is 12.7. The Kier molecular flexibility index (Phi) is 5.33. The molecular formula is C26H31ClN4O2. The van der Waals surface area contributed by atoms with Gasteiger partial charge in [-0.15, -0.1) is 0 Å². The third kappa shape index (κ3) is 3.81. The molecule has 4 saturated carbocycles. The van der Waals surface area contributed by atoms with Gasteiger partial charge in [0.05, 0.1) is 28.9 Å². The second-order valence-corrected chi connectivity index (χ2v) is 11.2. The second kappa shape index (κ2) is 8.24. The molecule has 7 heteroatoms. The Morgan fingerprint density at radius 3 is 2.55 bits per heavy atom. The number of carbonyl (C=O) groups excluding carboxylic acids is 1. The number of nitrogens with one attached hydrogen (secondary N) is 1. The monoisotopic (exact) mass is 466 g/mol. The number of aliphatic hydroxyl groups is 1. The topological polar surface area (TPSA) is 78.4 Å². The van der Waals surface area contributed by atoms with Crippen LogP contribution in [0.4, 0.5) is 5.82 Å². The lowest BCUT2D eigenvalue weighted by molar-refractivity contribution is -0.115. The van der Waals surface area contributed by atoms with E-state index in [4.69, 9.17) is 11.6 Å². The number of carbonyl (C=O) groups is 1. The van der Waals surface area contributed by atoms with Crippen LogP contribution in [0.25, 0.3) is 0 Å². The van der Waals surface area contributed by atoms with Gasteiger partial charge < -0.3 is 15.3 Å². The van der Waals surface area contributed by atoms with Crippen molar-refractivity contribution >= 4 is 23.3 Å². The molecule has 1 amide bonds. The van der Waals surface area contributed by atoms with E-state index in [-0.39, 0.29) is 17.4 Å². The first-order valence-electron chi connectivity index (χ1n) is 12.3. The van der Waals surface area contributed by atoms with Crippen LogP contribution in [0.3, 0.4) is 0 Å². The molecule has 33 heavy (non-hydrogen) atoms. The fraction of sp³-hybridized carbons (Fsp3) is 0.577. The van der Waals surface area contributed by atoms with E-state index >= 15 is 0 Å². The van der Waals surface area contributed by atoms with Gasteiger partial charge in [0.1, 0.15) is 12.1 Å². The van der Waals surface area contributed by atoms with Crippen LogP contribution >= 0.6 is 11.6 Å². The largest absolute Gasteiger partial charge is 0.391 e. The number of nitrogens with zero attached hydrogens (tertiary/aromatic N) is 3. The molecule has 1 aromatic heterocycles. The third-order valence-corrected chi connectivity index (χ3v) is 8.98. The lowest BCUT2D eigenvalue weighted by atomic mass is 9.48. The van der Waals surface area contributed by atoms with Gasteiger partial charge in [0, 0.05) is 18.7 Å². The molecule has 4 aliphatic carbocycles. The molecule has 1 unspecified atom stereocenters. The quantitative estimate of drug-likeness (QED) is 0.686. The molecule has 2 aromatic rings. The molecule has 4 bridgehead atoms. The summed E-state index contributed by atoms with van der Waals surface area (Å²) < 4.78 is 0. The van der Waals surface area contributed by atoms with Crippen LogP contribution in [0.1, 0.15) is 60.1 Å². The van der Waals surface area contributed by atoms with Crippen molar-refractivity contribution in [1.29, 1.82) is 0 Å². The summed E-state index contributed by atoms with van der Waals surface area (Å²) >= 11 is 6.24. The van der Waals surface area contributed by atoms with Crippen LogP contribution in [0.15, 0.2) is 30.6 Å². The summed E-state index contributed by atoms with van der Waals surface area (Å²) in [6, 6.07) is 7.16. The maximum absolute atomic E-state index is 13.0. The summed E-state index contributed by atoms with van der Waals surface area (Å²) in [6.07, 6.45) is 9.57. The van der Waals surface area contributed by atoms with Gasteiger partial charge in [-0.3, -0.25) is 4.79 Å². The average Bonchev–Trinajstić information content (AvgIpc) is 2.81. The molecule has 2 N–H and O–H groups in total. The van der Waals surface area contributed by atoms with Crippen LogP contribution < -0.4 is 5.32 Å². The summed E-state index contributed by atoms with van der Waals surface area (Å²) in [5, 5.41) is 15.2. The minimum absolute atomic E-state index is 0.0726. The maximum Gasteiger partial charge on any atom is 0.255 e. The molecule has 174 valence electrons. The van der Waals surface area contributed by atoms with Crippen molar-refractivity contribution in [2.24, 2.45) is 23.2 Å². The summed E-state index contributed by atoms with van der Waals surface area (Å²) in [5.74, 6) is 3.18. The number of anilines is 1. The molecule has 1 atom stereocenters. The minimum Gasteiger partial charge on any atom is -0.391 e. The fourth-order valence-electron chi connectivity index (χ4n) is 7.48. The molecule has 0 radical (unpaired) electrons. The highest BCUT2D eigenvalue weighted by molar-refractivity contribution is 6.33. The van der Waals surface area contributed by atoms with E-state index in [1.807, 2.05) is 12.1 Å². The summed E-state index contributed by atoms with van der Waals surface area (Å²) in [7, 11) is 0. The normalized spacial score (nSPS) is 30.7. The van der Waals surface area contributed by atoms with Crippen molar-refractivity contribution in [3.05, 3.63) is 52.4 Å². The van der Waals surface area contributed by atoms with Gasteiger partial charge in [-0.05, 0) is 80.2 Å². The highest BCUT2D eigenvalue weighted by atomic mass is 35.5. The highest BCUT2D eigenvalue weighted by Gasteiger charge is 2.53. The number of hydrogen-bond donors (Lipinski definition) is 2. The molecule has 1 aromatic carbocycles. The van der Waals surface area contributed by atoms with Gasteiger partial charge in [0.25, 0.3) is 5.91 Å². The van der Waals surface area contributed by atoms with Gasteiger partial charge in [0.2, 0.25) is 0 Å². The second-order valence-electron chi connectivity index (χ2n) is 10.8. The summed E-state index contributed by atoms with van der Waals surface area (Å²) in [5.41, 5.74) is 2.53. The first-order chi connectivity index (χ1) is 16.0. The zero-order chi connectivity index (χ0) is 22.6. The van der Waals surface area contributed by atoms with Crippen LogP contribution in [0, 0.1) is 23.2 Å². The Hall–Kier alpha value is -2.18. The van der Waals surface area contributed by atoms with Crippen molar-refractivity contribution in [2.45, 2.75) is 57.6 Å². The zero-order valence-electron chi connectivity index (χ0n) is 18.8. The summed E-state index contributed by atoms with van der Waals surface area (Å²) in [6.45, 7) is 1.56. The molecule has 5 aliphatic rings. The molecule has 0 saturated heterocycles. The SMILES string of the molecule is O=C(c1ccccc1Cl)N1CCc2c(ncnc2NCC(O)C23CC4CC(CC(C4)C2)C3)C1. The van der Waals surface area contributed by atoms with Crippen molar-refractivity contribution in [3.8, 4) is 0 Å². The zero-order valence-corrected chi connectivity index (χ0v) is 19.6. The Bertz CT molecular complexity index is 1040. The van der Waals surface area contributed by atoms with Crippen LogP contribution in [0.5, 0.6) is 0 Å². The van der Waals surface area contributed by atoms with E-state index in [9.17, 15) is 9.90 Å². The number of amides is 1. The van der Waals surface area contributed by atoms with Crippen molar-refractivity contribution in [2.75, 3.05) is 18.4 Å². The molecule has 4 fully saturated rings. The fourth-order valence-corrected chi connectivity index (χ4v) is 7.70. The van der Waals surface area contributed by atoms with E-state index in [1.165, 1.54) is 38.5 Å². The number of rotatable bonds is 5. The van der Waals surface area contributed by atoms with Gasteiger partial charge in [-0.1, -0.05) is 23.7 Å². The van der Waals surface area contributed by atoms with Crippen molar-refractivity contribution < 1.29 is 9.90 Å². The molecule has 2 heterocycles. The number of fused-ring (bicyclic) bond motifs is 1. The lowest BCUT2D eigenvalue weighted by Gasteiger charge is -2.58. The van der Waals surface area contributed by atoms with Gasteiger partial charge >= 0.3 is 0 Å². The Labute approximate surface area is 199 Å². The molecule has 0 spiro atoms. The summed E-state index contributed by atoms with van der Waals surface area (Å²) in [4.78, 5) is 23.7. The number of aromatic nitrogens is 2. The Morgan fingerprint density at radius 2 is 1.85 bits per heavy atom. The minimum atomic E-state index is -0.349. The van der Waals surface area contributed by atoms with E-state index < -0.39 is 0 Å². The van der Waals surface area contributed by atoms with E-state index in [0.29, 0.717) is 36.6 Å². The Morgan fingerprint density at radius 1 is 1.15 bits per heavy atom. The maximum atomic E-state index is 13.0. The van der Waals surface area contributed by atoms with Gasteiger partial charge in [-0.25, -0.2) is 9.97 Å². The number of aliphatic hydroxyl groups excluding tert-OH is 1. The average molecular weight is 467 g/mol. The molecule has 6 nitrogen and oxygen atoms in total. The predicted octanol–water partition coefficient (Wildman–Crippen LogP) is 4.32. The predicted molar refractivity (Wildman–Crippen MR) is 127 cm³/mol. The number of benzene rings is 1. The van der Waals surface area contributed by atoms with Crippen molar-refractivity contribution in [1.82, 2.24) is 14.9 Å². The number of hydrogen-bond acceptors (Lipinski definition) is 5. The van der Waals surface area contributed by atoms with Crippen molar-refractivity contribution in [3.63, 3.8) is 0 Å². The van der Waals surface area contributed by atoms with Crippen LogP contribution in [0.2, 0.25) is 5.02 Å². The van der Waals surface area contributed by atoms with Crippen LogP contribution in [-0.4, -0.2) is 45.1 Å². The lowest BCUT2D eigenvalue weighted by Crippen LogP contribution is -2.53. The molecule has 1 aliphatic heterocycles. The first kappa shape index (κ1) is 21.4. The highest BCUT2D eigenvalue weighted by Crippen LogP contribution is 2.61. The molecule has 7 rings (SSSR count).